The van der Waals surface area contributed by atoms with Crippen LogP contribution in [-0.2, 0) is 40.0 Å². The van der Waals surface area contributed by atoms with Crippen molar-refractivity contribution in [2.75, 3.05) is 11.9 Å². The summed E-state index contributed by atoms with van der Waals surface area (Å²) in [6.45, 7) is 3.68. The minimum Gasteiger partial charge on any atom is -0.464 e. The van der Waals surface area contributed by atoms with Gasteiger partial charge in [-0.25, -0.2) is 0 Å². The maximum absolute atomic E-state index is 12.3. The SMILES string of the molecule is CCc1cccc(C)c1NC(=O)COC(=O)Cc1coc2cc3c(cc12)CCC3. The average Bonchev–Trinajstić information content (AvgIpc) is 3.32. The van der Waals surface area contributed by atoms with E-state index in [1.165, 1.54) is 11.1 Å². The molecule has 0 bridgehead atoms. The highest BCUT2D eigenvalue weighted by molar-refractivity contribution is 5.94. The highest BCUT2D eigenvalue weighted by Crippen LogP contribution is 2.30. The molecule has 0 aliphatic heterocycles. The normalized spacial score (nSPS) is 12.8. The maximum Gasteiger partial charge on any atom is 0.310 e. The number of hydrogen-bond acceptors (Lipinski definition) is 4. The van der Waals surface area contributed by atoms with E-state index in [4.69, 9.17) is 9.15 Å². The summed E-state index contributed by atoms with van der Waals surface area (Å²) < 4.78 is 10.8. The zero-order chi connectivity index (χ0) is 20.4. The van der Waals surface area contributed by atoms with Crippen molar-refractivity contribution in [2.45, 2.75) is 46.0 Å². The minimum atomic E-state index is -0.441. The standard InChI is InChI=1S/C24H25NO4/c1-3-16-7-4-6-15(2)24(16)25-22(26)14-29-23(27)12-19-13-28-21-11-18-9-5-8-17(18)10-20(19)21/h4,6-7,10-11,13H,3,5,8-9,12,14H2,1-2H3,(H,25,26). The van der Waals surface area contributed by atoms with E-state index in [9.17, 15) is 9.59 Å². The van der Waals surface area contributed by atoms with Gasteiger partial charge in [-0.15, -0.1) is 0 Å². The Bertz CT molecular complexity index is 1080. The van der Waals surface area contributed by atoms with Gasteiger partial charge in [0.15, 0.2) is 6.61 Å². The van der Waals surface area contributed by atoms with Crippen molar-refractivity contribution in [2.24, 2.45) is 0 Å². The van der Waals surface area contributed by atoms with E-state index < -0.39 is 5.97 Å². The van der Waals surface area contributed by atoms with Gasteiger partial charge in [-0.1, -0.05) is 25.1 Å². The van der Waals surface area contributed by atoms with Crippen LogP contribution in [0.25, 0.3) is 11.0 Å². The first-order valence-corrected chi connectivity index (χ1v) is 10.1. The number of aryl methyl sites for hydroxylation is 4. The van der Waals surface area contributed by atoms with E-state index in [2.05, 4.69) is 17.4 Å². The second kappa shape index (κ2) is 8.11. The molecule has 0 atom stereocenters. The van der Waals surface area contributed by atoms with E-state index in [1.807, 2.05) is 32.0 Å². The number of benzene rings is 2. The molecule has 0 radical (unpaired) electrons. The van der Waals surface area contributed by atoms with Crippen LogP contribution in [0.1, 0.15) is 41.2 Å². The van der Waals surface area contributed by atoms with Crippen LogP contribution < -0.4 is 5.32 Å². The van der Waals surface area contributed by atoms with E-state index in [0.717, 1.165) is 59.0 Å². The lowest BCUT2D eigenvalue weighted by atomic mass is 10.0. The molecule has 5 nitrogen and oxygen atoms in total. The lowest BCUT2D eigenvalue weighted by Gasteiger charge is -2.13. The molecule has 4 rings (SSSR count). The summed E-state index contributed by atoms with van der Waals surface area (Å²) >= 11 is 0. The molecule has 1 amide bonds. The number of nitrogens with one attached hydrogen (secondary N) is 1. The van der Waals surface area contributed by atoms with Crippen LogP contribution in [-0.4, -0.2) is 18.5 Å². The molecular weight excluding hydrogens is 366 g/mol. The molecule has 150 valence electrons. The Morgan fingerprint density at radius 1 is 1.14 bits per heavy atom. The van der Waals surface area contributed by atoms with Gasteiger partial charge < -0.3 is 14.5 Å². The number of anilines is 1. The largest absolute Gasteiger partial charge is 0.464 e. The summed E-state index contributed by atoms with van der Waals surface area (Å²) in [5, 5.41) is 3.83. The maximum atomic E-state index is 12.3. The molecule has 3 aromatic rings. The van der Waals surface area contributed by atoms with E-state index >= 15 is 0 Å². The van der Waals surface area contributed by atoms with Crippen molar-refractivity contribution in [1.29, 1.82) is 0 Å². The molecule has 0 saturated heterocycles. The van der Waals surface area contributed by atoms with Crippen LogP contribution in [0, 0.1) is 6.92 Å². The molecule has 1 aromatic heterocycles. The van der Waals surface area contributed by atoms with Crippen molar-refractivity contribution < 1.29 is 18.7 Å². The lowest BCUT2D eigenvalue weighted by molar-refractivity contribution is -0.146. The van der Waals surface area contributed by atoms with Crippen molar-refractivity contribution in [3.05, 3.63) is 64.4 Å². The summed E-state index contributed by atoms with van der Waals surface area (Å²) in [5.74, 6) is -0.777. The lowest BCUT2D eigenvalue weighted by Crippen LogP contribution is -2.22. The summed E-state index contributed by atoms with van der Waals surface area (Å²) in [7, 11) is 0. The fourth-order valence-electron chi connectivity index (χ4n) is 4.02. The third-order valence-electron chi connectivity index (χ3n) is 5.57. The summed E-state index contributed by atoms with van der Waals surface area (Å²) in [5.41, 5.74) is 7.11. The zero-order valence-electron chi connectivity index (χ0n) is 16.8. The first-order valence-electron chi connectivity index (χ1n) is 10.1. The van der Waals surface area contributed by atoms with Crippen molar-refractivity contribution in [3.8, 4) is 0 Å². The molecule has 2 aromatic carbocycles. The van der Waals surface area contributed by atoms with Gasteiger partial charge in [0.1, 0.15) is 5.58 Å². The zero-order valence-corrected chi connectivity index (χ0v) is 16.8. The fourth-order valence-corrected chi connectivity index (χ4v) is 4.02. The molecule has 1 heterocycles. The number of carbonyl (C=O) groups is 2. The molecule has 0 spiro atoms. The quantitative estimate of drug-likeness (QED) is 0.628. The van der Waals surface area contributed by atoms with E-state index in [-0.39, 0.29) is 18.9 Å². The number of carbonyl (C=O) groups excluding carboxylic acids is 2. The Kier molecular flexibility index (Phi) is 5.38. The Morgan fingerprint density at radius 2 is 1.93 bits per heavy atom. The van der Waals surface area contributed by atoms with Crippen LogP contribution in [0.5, 0.6) is 0 Å². The molecule has 1 N–H and O–H groups in total. The van der Waals surface area contributed by atoms with Crippen LogP contribution in [0.4, 0.5) is 5.69 Å². The molecule has 1 aliphatic rings. The Morgan fingerprint density at radius 3 is 2.72 bits per heavy atom. The molecule has 0 fully saturated rings. The van der Waals surface area contributed by atoms with Gasteiger partial charge in [-0.2, -0.15) is 0 Å². The molecular formula is C24H25NO4. The number of para-hydroxylation sites is 1. The van der Waals surface area contributed by atoms with E-state index in [1.54, 1.807) is 6.26 Å². The Hall–Kier alpha value is -3.08. The van der Waals surface area contributed by atoms with Crippen LogP contribution in [0.2, 0.25) is 0 Å². The van der Waals surface area contributed by atoms with Gasteiger partial charge in [0.25, 0.3) is 5.91 Å². The topological polar surface area (TPSA) is 68.5 Å². The fraction of sp³-hybridized carbons (Fsp3) is 0.333. The first-order chi connectivity index (χ1) is 14.0. The monoisotopic (exact) mass is 391 g/mol. The Balaban J connectivity index is 1.37. The molecule has 1 aliphatic carbocycles. The predicted molar refractivity (Wildman–Crippen MR) is 112 cm³/mol. The predicted octanol–water partition coefficient (Wildman–Crippen LogP) is 4.52. The second-order valence-corrected chi connectivity index (χ2v) is 7.58. The molecule has 29 heavy (non-hydrogen) atoms. The third kappa shape index (κ3) is 4.04. The van der Waals surface area contributed by atoms with Crippen LogP contribution in [0.15, 0.2) is 41.0 Å². The van der Waals surface area contributed by atoms with Gasteiger partial charge in [0, 0.05) is 16.6 Å². The van der Waals surface area contributed by atoms with E-state index in [0.29, 0.717) is 0 Å². The molecule has 0 saturated carbocycles. The Labute approximate surface area is 170 Å². The second-order valence-electron chi connectivity index (χ2n) is 7.58. The van der Waals surface area contributed by atoms with Gasteiger partial charge >= 0.3 is 5.97 Å². The number of fused-ring (bicyclic) bond motifs is 2. The average molecular weight is 391 g/mol. The number of furan rings is 1. The number of amides is 1. The summed E-state index contributed by atoms with van der Waals surface area (Å²) in [6, 6.07) is 10.1. The number of esters is 1. The highest BCUT2D eigenvalue weighted by Gasteiger charge is 2.18. The van der Waals surface area contributed by atoms with Gasteiger partial charge in [0.2, 0.25) is 0 Å². The number of ether oxygens (including phenoxy) is 1. The first kappa shape index (κ1) is 19.2. The summed E-state index contributed by atoms with van der Waals surface area (Å²) in [6.07, 6.45) is 5.83. The van der Waals surface area contributed by atoms with Gasteiger partial charge in [-0.05, 0) is 67.0 Å². The van der Waals surface area contributed by atoms with Crippen LogP contribution >= 0.6 is 0 Å². The van der Waals surface area contributed by atoms with Crippen molar-refractivity contribution in [3.63, 3.8) is 0 Å². The van der Waals surface area contributed by atoms with Gasteiger partial charge in [0.05, 0.1) is 12.7 Å². The third-order valence-corrected chi connectivity index (χ3v) is 5.57. The van der Waals surface area contributed by atoms with Crippen molar-refractivity contribution in [1.82, 2.24) is 0 Å². The van der Waals surface area contributed by atoms with Gasteiger partial charge in [-0.3, -0.25) is 9.59 Å². The molecule has 0 unspecified atom stereocenters. The van der Waals surface area contributed by atoms with Crippen LogP contribution in [0.3, 0.4) is 0 Å². The number of hydrogen-bond donors (Lipinski definition) is 1. The molecule has 5 heteroatoms. The minimum absolute atomic E-state index is 0.0869. The number of rotatable bonds is 6. The van der Waals surface area contributed by atoms with Crippen molar-refractivity contribution >= 4 is 28.5 Å². The summed E-state index contributed by atoms with van der Waals surface area (Å²) in [4.78, 5) is 24.6. The highest BCUT2D eigenvalue weighted by atomic mass is 16.5. The smallest absolute Gasteiger partial charge is 0.310 e.